The highest BCUT2D eigenvalue weighted by atomic mass is 35.5. The average Bonchev–Trinajstić information content (AvgIpc) is 3.02. The topological polar surface area (TPSA) is 39.9 Å². The fourth-order valence-corrected chi connectivity index (χ4v) is 3.75. The highest BCUT2D eigenvalue weighted by Gasteiger charge is 2.13. The third kappa shape index (κ3) is 4.56. The second kappa shape index (κ2) is 8.56. The van der Waals surface area contributed by atoms with Gasteiger partial charge in [-0.25, -0.2) is 4.39 Å². The molecule has 0 radical (unpaired) electrons. The monoisotopic (exact) mass is 391 g/mol. The van der Waals surface area contributed by atoms with Gasteiger partial charge in [0, 0.05) is 17.3 Å². The van der Waals surface area contributed by atoms with Gasteiger partial charge in [-0.3, -0.25) is 0 Å². The number of aryl methyl sites for hydroxylation is 1. The van der Waals surface area contributed by atoms with Gasteiger partial charge in [0.1, 0.15) is 18.2 Å². The van der Waals surface area contributed by atoms with Crippen LogP contribution in [-0.4, -0.2) is 14.8 Å². The van der Waals surface area contributed by atoms with Crippen LogP contribution in [0.1, 0.15) is 23.9 Å². The molecule has 0 atom stereocenters. The zero-order chi connectivity index (χ0) is 18.5. The lowest BCUT2D eigenvalue weighted by atomic mass is 10.2. The van der Waals surface area contributed by atoms with Crippen LogP contribution in [-0.2, 0) is 18.9 Å². The van der Waals surface area contributed by atoms with Crippen LogP contribution in [0.15, 0.2) is 47.6 Å². The Labute approximate surface area is 161 Å². The molecule has 0 saturated carbocycles. The van der Waals surface area contributed by atoms with Crippen molar-refractivity contribution < 1.29 is 9.13 Å². The van der Waals surface area contributed by atoms with Crippen molar-refractivity contribution in [1.29, 1.82) is 0 Å². The summed E-state index contributed by atoms with van der Waals surface area (Å²) in [6, 6.07) is 12.3. The molecule has 0 aliphatic heterocycles. The minimum atomic E-state index is -0.337. The molecule has 2 aromatic carbocycles. The Hall–Kier alpha value is -2.05. The summed E-state index contributed by atoms with van der Waals surface area (Å²) in [6.45, 7) is 5.16. The van der Waals surface area contributed by atoms with Gasteiger partial charge in [-0.15, -0.1) is 10.2 Å². The summed E-state index contributed by atoms with van der Waals surface area (Å²) in [5.74, 6) is 1.82. The van der Waals surface area contributed by atoms with Crippen molar-refractivity contribution in [2.24, 2.45) is 0 Å². The summed E-state index contributed by atoms with van der Waals surface area (Å²) >= 11 is 7.60. The molecule has 136 valence electrons. The van der Waals surface area contributed by atoms with Crippen molar-refractivity contribution >= 4 is 23.4 Å². The molecule has 0 aliphatic rings. The smallest absolute Gasteiger partial charge is 0.191 e. The largest absolute Gasteiger partial charge is 0.486 e. The standard InChI is InChI=1S/C19H19ClFN3OS/c1-3-24-18(11-25-16-8-4-13(2)5-9-16)22-23-19(24)26-12-14-6-7-15(21)10-17(14)20/h4-10H,3,11-12H2,1-2H3. The molecular formula is C19H19ClFN3OS. The first-order valence-corrected chi connectivity index (χ1v) is 9.61. The summed E-state index contributed by atoms with van der Waals surface area (Å²) < 4.78 is 21.0. The Morgan fingerprint density at radius 3 is 2.62 bits per heavy atom. The van der Waals surface area contributed by atoms with Crippen molar-refractivity contribution in [2.45, 2.75) is 37.9 Å². The number of rotatable bonds is 7. The van der Waals surface area contributed by atoms with Crippen molar-refractivity contribution in [3.8, 4) is 5.75 Å². The maximum atomic E-state index is 13.1. The minimum absolute atomic E-state index is 0.337. The van der Waals surface area contributed by atoms with Crippen molar-refractivity contribution in [3.63, 3.8) is 0 Å². The van der Waals surface area contributed by atoms with E-state index in [0.29, 0.717) is 17.4 Å². The van der Waals surface area contributed by atoms with Gasteiger partial charge < -0.3 is 9.30 Å². The Morgan fingerprint density at radius 1 is 1.15 bits per heavy atom. The average molecular weight is 392 g/mol. The molecule has 0 amide bonds. The first-order chi connectivity index (χ1) is 12.6. The third-order valence-corrected chi connectivity index (χ3v) is 5.24. The first kappa shape index (κ1) is 18.7. The van der Waals surface area contributed by atoms with E-state index >= 15 is 0 Å². The van der Waals surface area contributed by atoms with Crippen LogP contribution in [0.3, 0.4) is 0 Å². The molecule has 0 unspecified atom stereocenters. The fraction of sp³-hybridized carbons (Fsp3) is 0.263. The van der Waals surface area contributed by atoms with Crippen LogP contribution in [0, 0.1) is 12.7 Å². The Kier molecular flexibility index (Phi) is 6.16. The number of aromatic nitrogens is 3. The molecule has 0 spiro atoms. The van der Waals surface area contributed by atoms with Crippen LogP contribution >= 0.6 is 23.4 Å². The predicted octanol–water partition coefficient (Wildman–Crippen LogP) is 5.27. The number of benzene rings is 2. The minimum Gasteiger partial charge on any atom is -0.486 e. The van der Waals surface area contributed by atoms with E-state index in [9.17, 15) is 4.39 Å². The Morgan fingerprint density at radius 2 is 1.92 bits per heavy atom. The zero-order valence-corrected chi connectivity index (χ0v) is 16.1. The summed E-state index contributed by atoms with van der Waals surface area (Å²) in [5.41, 5.74) is 2.05. The summed E-state index contributed by atoms with van der Waals surface area (Å²) in [5, 5.41) is 9.70. The number of nitrogens with zero attached hydrogens (tertiary/aromatic N) is 3. The Balaban J connectivity index is 1.66. The highest BCUT2D eigenvalue weighted by molar-refractivity contribution is 7.98. The Bertz CT molecular complexity index is 883. The zero-order valence-electron chi connectivity index (χ0n) is 14.6. The van der Waals surface area contributed by atoms with Crippen LogP contribution in [0.5, 0.6) is 5.75 Å². The van der Waals surface area contributed by atoms with E-state index in [1.54, 1.807) is 6.07 Å². The molecule has 0 aliphatic carbocycles. The molecule has 7 heteroatoms. The normalized spacial score (nSPS) is 10.9. The lowest BCUT2D eigenvalue weighted by Crippen LogP contribution is -2.07. The summed E-state index contributed by atoms with van der Waals surface area (Å²) in [6.07, 6.45) is 0. The third-order valence-electron chi connectivity index (χ3n) is 3.87. The number of halogens is 2. The maximum Gasteiger partial charge on any atom is 0.191 e. The highest BCUT2D eigenvalue weighted by Crippen LogP contribution is 2.27. The van der Waals surface area contributed by atoms with Crippen LogP contribution in [0.25, 0.3) is 0 Å². The quantitative estimate of drug-likeness (QED) is 0.514. The van der Waals surface area contributed by atoms with E-state index in [4.69, 9.17) is 16.3 Å². The van der Waals surface area contributed by atoms with Gasteiger partial charge in [-0.2, -0.15) is 0 Å². The number of hydrogen-bond acceptors (Lipinski definition) is 4. The van der Waals surface area contributed by atoms with E-state index in [1.165, 1.54) is 29.5 Å². The predicted molar refractivity (Wildman–Crippen MR) is 102 cm³/mol. The molecule has 0 fully saturated rings. The molecule has 0 N–H and O–H groups in total. The molecule has 1 aromatic heterocycles. The SMILES string of the molecule is CCn1c(COc2ccc(C)cc2)nnc1SCc1ccc(F)cc1Cl. The van der Waals surface area contributed by atoms with E-state index in [0.717, 1.165) is 28.8 Å². The van der Waals surface area contributed by atoms with E-state index < -0.39 is 0 Å². The van der Waals surface area contributed by atoms with Crippen molar-refractivity contribution in [3.05, 3.63) is 70.3 Å². The lowest BCUT2D eigenvalue weighted by Gasteiger charge is -2.09. The molecule has 0 bridgehead atoms. The number of hydrogen-bond donors (Lipinski definition) is 0. The van der Waals surface area contributed by atoms with Gasteiger partial charge in [-0.1, -0.05) is 47.1 Å². The van der Waals surface area contributed by atoms with Crippen LogP contribution < -0.4 is 4.74 Å². The lowest BCUT2D eigenvalue weighted by molar-refractivity contribution is 0.288. The van der Waals surface area contributed by atoms with Gasteiger partial charge in [-0.05, 0) is 43.7 Å². The molecule has 3 aromatic rings. The van der Waals surface area contributed by atoms with Gasteiger partial charge >= 0.3 is 0 Å². The number of ether oxygens (including phenoxy) is 1. The van der Waals surface area contributed by atoms with Gasteiger partial charge in [0.25, 0.3) is 0 Å². The van der Waals surface area contributed by atoms with E-state index in [1.807, 2.05) is 42.7 Å². The second-order valence-corrected chi connectivity index (χ2v) is 7.12. The maximum absolute atomic E-state index is 13.1. The fourth-order valence-electron chi connectivity index (χ4n) is 2.41. The molecule has 4 nitrogen and oxygen atoms in total. The van der Waals surface area contributed by atoms with Gasteiger partial charge in [0.15, 0.2) is 11.0 Å². The van der Waals surface area contributed by atoms with Crippen LogP contribution in [0.2, 0.25) is 5.02 Å². The van der Waals surface area contributed by atoms with E-state index in [-0.39, 0.29) is 5.82 Å². The summed E-state index contributed by atoms with van der Waals surface area (Å²) in [7, 11) is 0. The number of thioether (sulfide) groups is 1. The molecule has 0 saturated heterocycles. The van der Waals surface area contributed by atoms with E-state index in [2.05, 4.69) is 10.2 Å². The molecule has 3 rings (SSSR count). The molecule has 1 heterocycles. The second-order valence-electron chi connectivity index (χ2n) is 5.77. The summed E-state index contributed by atoms with van der Waals surface area (Å²) in [4.78, 5) is 0. The van der Waals surface area contributed by atoms with Gasteiger partial charge in [0.05, 0.1) is 0 Å². The van der Waals surface area contributed by atoms with Gasteiger partial charge in [0.2, 0.25) is 0 Å². The van der Waals surface area contributed by atoms with Crippen molar-refractivity contribution in [2.75, 3.05) is 0 Å². The van der Waals surface area contributed by atoms with Crippen LogP contribution in [0.4, 0.5) is 4.39 Å². The van der Waals surface area contributed by atoms with Crippen molar-refractivity contribution in [1.82, 2.24) is 14.8 Å². The first-order valence-electron chi connectivity index (χ1n) is 8.25. The molecule has 26 heavy (non-hydrogen) atoms. The molecular weight excluding hydrogens is 373 g/mol.